The highest BCUT2D eigenvalue weighted by Crippen LogP contribution is 2.14. The average molecular weight is 933 g/mol. The summed E-state index contributed by atoms with van der Waals surface area (Å²) < 4.78 is 16.8. The number of esters is 3. The first kappa shape index (κ1) is 63.6. The Labute approximate surface area is 414 Å². The highest BCUT2D eigenvalue weighted by Gasteiger charge is 2.19. The van der Waals surface area contributed by atoms with Crippen LogP contribution < -0.4 is 0 Å². The Morgan fingerprint density at radius 1 is 0.313 bits per heavy atom. The van der Waals surface area contributed by atoms with Gasteiger partial charge in [0.2, 0.25) is 0 Å². The van der Waals surface area contributed by atoms with E-state index in [1.54, 1.807) is 0 Å². The number of hydrogen-bond donors (Lipinski definition) is 0. The van der Waals surface area contributed by atoms with Crippen LogP contribution in [0.1, 0.15) is 265 Å². The average Bonchev–Trinajstić information content (AvgIpc) is 3.33. The molecular weight excluding hydrogens is 829 g/mol. The molecule has 0 aliphatic carbocycles. The first-order chi connectivity index (χ1) is 33.0. The first-order valence-corrected chi connectivity index (χ1v) is 28.1. The molecule has 0 bridgehead atoms. The van der Waals surface area contributed by atoms with Crippen molar-refractivity contribution in [3.63, 3.8) is 0 Å². The quantitative estimate of drug-likeness (QED) is 0.0262. The largest absolute Gasteiger partial charge is 0.462 e. The van der Waals surface area contributed by atoms with Crippen molar-refractivity contribution in [2.24, 2.45) is 0 Å². The summed E-state index contributed by atoms with van der Waals surface area (Å²) in [6.45, 7) is 6.46. The van der Waals surface area contributed by atoms with Gasteiger partial charge in [0.1, 0.15) is 13.2 Å². The predicted molar refractivity (Wildman–Crippen MR) is 288 cm³/mol. The lowest BCUT2D eigenvalue weighted by Crippen LogP contribution is -2.30. The molecule has 0 aromatic carbocycles. The van der Waals surface area contributed by atoms with E-state index in [2.05, 4.69) is 106 Å². The summed E-state index contributed by atoms with van der Waals surface area (Å²) in [6, 6.07) is 0. The second-order valence-electron chi connectivity index (χ2n) is 18.5. The monoisotopic (exact) mass is 933 g/mol. The Bertz CT molecular complexity index is 1300. The first-order valence-electron chi connectivity index (χ1n) is 28.1. The van der Waals surface area contributed by atoms with Gasteiger partial charge in [-0.05, 0) is 109 Å². The Hall–Kier alpha value is -3.41. The zero-order valence-corrected chi connectivity index (χ0v) is 43.9. The third kappa shape index (κ3) is 53.4. The number of allylic oxidation sites excluding steroid dienone is 14. The fourth-order valence-corrected chi connectivity index (χ4v) is 7.64. The smallest absolute Gasteiger partial charge is 0.306 e. The van der Waals surface area contributed by atoms with Crippen LogP contribution in [-0.4, -0.2) is 37.2 Å². The van der Waals surface area contributed by atoms with Crippen LogP contribution in [-0.2, 0) is 28.6 Å². The van der Waals surface area contributed by atoms with Gasteiger partial charge in [-0.1, -0.05) is 221 Å². The van der Waals surface area contributed by atoms with Crippen LogP contribution in [0.25, 0.3) is 0 Å². The Balaban J connectivity index is 4.49. The third-order valence-corrected chi connectivity index (χ3v) is 11.9. The van der Waals surface area contributed by atoms with Crippen LogP contribution >= 0.6 is 0 Å². The predicted octanol–water partition coefficient (Wildman–Crippen LogP) is 18.8. The molecule has 0 aromatic rings. The number of carbonyl (C=O) groups is 3. The normalized spacial score (nSPS) is 12.7. The summed E-state index contributed by atoms with van der Waals surface area (Å²) in [5, 5.41) is 0. The SMILES string of the molecule is CC/C=C\C/C=C\C/C=C\CCCCCCCC(=O)OC[C@H](COC(=O)CCCCCCCCC/C=C\CCCCCCCC)OC(=O)CCC/C=C\C/C=C\C/C=C\CCCCCCCC. The van der Waals surface area contributed by atoms with Crippen LogP contribution in [0.15, 0.2) is 85.1 Å². The van der Waals surface area contributed by atoms with E-state index >= 15 is 0 Å². The summed E-state index contributed by atoms with van der Waals surface area (Å²) in [4.78, 5) is 38.1. The molecule has 0 amide bonds. The van der Waals surface area contributed by atoms with Gasteiger partial charge < -0.3 is 14.2 Å². The fraction of sp³-hybridized carbons (Fsp3) is 0.721. The van der Waals surface area contributed by atoms with Crippen LogP contribution in [0.3, 0.4) is 0 Å². The molecule has 6 nitrogen and oxygen atoms in total. The molecular formula is C61H104O6. The Morgan fingerprint density at radius 3 is 0.970 bits per heavy atom. The summed E-state index contributed by atoms with van der Waals surface area (Å²) in [5.74, 6) is -0.975. The molecule has 0 fully saturated rings. The van der Waals surface area contributed by atoms with E-state index in [9.17, 15) is 14.4 Å². The molecule has 6 heteroatoms. The van der Waals surface area contributed by atoms with Crippen LogP contribution in [0.5, 0.6) is 0 Å². The molecule has 0 saturated carbocycles. The second kappa shape index (κ2) is 55.2. The maximum Gasteiger partial charge on any atom is 0.306 e. The number of unbranched alkanes of at least 4 members (excludes halogenated alkanes) is 25. The molecule has 0 aliphatic rings. The van der Waals surface area contributed by atoms with Crippen LogP contribution in [0.2, 0.25) is 0 Å². The van der Waals surface area contributed by atoms with Crippen molar-refractivity contribution >= 4 is 17.9 Å². The fourth-order valence-electron chi connectivity index (χ4n) is 7.64. The summed E-state index contributed by atoms with van der Waals surface area (Å²) in [6.07, 6.45) is 71.5. The van der Waals surface area contributed by atoms with Crippen molar-refractivity contribution in [2.75, 3.05) is 13.2 Å². The molecule has 0 saturated heterocycles. The number of ether oxygens (including phenoxy) is 3. The summed E-state index contributed by atoms with van der Waals surface area (Å²) in [7, 11) is 0. The molecule has 1 atom stereocenters. The standard InChI is InChI=1S/C61H104O6/c1-4-7-10-13-16-19-22-25-28-30-33-36-39-42-45-48-51-54-60(63)66-57-58(56-65-59(62)53-50-47-44-41-38-35-32-27-24-21-18-15-12-9-6-3)67-61(64)55-52-49-46-43-40-37-34-31-29-26-23-20-17-14-11-8-5-2/h9,12,18,21,25-29,32,34,37,43,46,58H,4-8,10-11,13-17,19-20,22-24,30-31,33,35-36,38-42,44-45,47-57H2,1-3H3/b12-9-,21-18-,28-25-,29-26-,32-27-,37-34-,46-43-/t58-/m1/s1. The van der Waals surface area contributed by atoms with Gasteiger partial charge in [0.05, 0.1) is 0 Å². The van der Waals surface area contributed by atoms with E-state index in [-0.39, 0.29) is 37.5 Å². The Morgan fingerprint density at radius 2 is 0.597 bits per heavy atom. The Kier molecular flexibility index (Phi) is 52.4. The maximum absolute atomic E-state index is 12.8. The highest BCUT2D eigenvalue weighted by atomic mass is 16.6. The molecule has 0 unspecified atom stereocenters. The van der Waals surface area contributed by atoms with Crippen molar-refractivity contribution in [1.82, 2.24) is 0 Å². The molecule has 0 spiro atoms. The van der Waals surface area contributed by atoms with Crippen LogP contribution in [0, 0.1) is 0 Å². The van der Waals surface area contributed by atoms with E-state index in [0.717, 1.165) is 96.3 Å². The molecule has 0 heterocycles. The third-order valence-electron chi connectivity index (χ3n) is 11.9. The minimum absolute atomic E-state index is 0.104. The summed E-state index contributed by atoms with van der Waals surface area (Å²) in [5.41, 5.74) is 0. The highest BCUT2D eigenvalue weighted by molar-refractivity contribution is 5.71. The van der Waals surface area contributed by atoms with Gasteiger partial charge in [0.15, 0.2) is 6.10 Å². The number of hydrogen-bond acceptors (Lipinski definition) is 6. The van der Waals surface area contributed by atoms with E-state index in [1.165, 1.54) is 122 Å². The van der Waals surface area contributed by atoms with Gasteiger partial charge in [0, 0.05) is 19.3 Å². The second-order valence-corrected chi connectivity index (χ2v) is 18.5. The lowest BCUT2D eigenvalue weighted by molar-refractivity contribution is -0.167. The zero-order valence-electron chi connectivity index (χ0n) is 43.9. The minimum atomic E-state index is -0.812. The van der Waals surface area contributed by atoms with Crippen molar-refractivity contribution in [1.29, 1.82) is 0 Å². The molecule has 0 aromatic heterocycles. The van der Waals surface area contributed by atoms with Gasteiger partial charge in [-0.15, -0.1) is 0 Å². The van der Waals surface area contributed by atoms with E-state index in [0.29, 0.717) is 19.3 Å². The van der Waals surface area contributed by atoms with Crippen molar-refractivity contribution < 1.29 is 28.6 Å². The zero-order chi connectivity index (χ0) is 48.6. The van der Waals surface area contributed by atoms with Gasteiger partial charge >= 0.3 is 17.9 Å². The van der Waals surface area contributed by atoms with Crippen molar-refractivity contribution in [2.45, 2.75) is 271 Å². The van der Waals surface area contributed by atoms with E-state index in [4.69, 9.17) is 14.2 Å². The molecule has 0 radical (unpaired) electrons. The molecule has 0 aliphatic heterocycles. The lowest BCUT2D eigenvalue weighted by Gasteiger charge is -2.18. The molecule has 384 valence electrons. The van der Waals surface area contributed by atoms with Crippen molar-refractivity contribution in [3.8, 4) is 0 Å². The molecule has 67 heavy (non-hydrogen) atoms. The van der Waals surface area contributed by atoms with Crippen LogP contribution in [0.4, 0.5) is 0 Å². The van der Waals surface area contributed by atoms with Gasteiger partial charge in [-0.25, -0.2) is 0 Å². The van der Waals surface area contributed by atoms with Gasteiger partial charge in [0.25, 0.3) is 0 Å². The van der Waals surface area contributed by atoms with Gasteiger partial charge in [-0.2, -0.15) is 0 Å². The lowest BCUT2D eigenvalue weighted by atomic mass is 10.1. The molecule has 0 rings (SSSR count). The number of carbonyl (C=O) groups excluding carboxylic acids is 3. The molecule has 0 N–H and O–H groups in total. The van der Waals surface area contributed by atoms with Gasteiger partial charge in [-0.3, -0.25) is 14.4 Å². The summed E-state index contributed by atoms with van der Waals surface area (Å²) >= 11 is 0. The minimum Gasteiger partial charge on any atom is -0.462 e. The van der Waals surface area contributed by atoms with Crippen molar-refractivity contribution in [3.05, 3.63) is 85.1 Å². The number of rotatable bonds is 50. The van der Waals surface area contributed by atoms with E-state index in [1.807, 2.05) is 0 Å². The topological polar surface area (TPSA) is 78.9 Å². The van der Waals surface area contributed by atoms with E-state index < -0.39 is 6.10 Å². The maximum atomic E-state index is 12.8.